The Morgan fingerprint density at radius 2 is 1.75 bits per heavy atom. The molecule has 0 aliphatic heterocycles. The Morgan fingerprint density at radius 3 is 2.43 bits per heavy atom. The molecule has 1 heterocycles. The van der Waals surface area contributed by atoms with Crippen LogP contribution in [-0.2, 0) is 6.18 Å². The van der Waals surface area contributed by atoms with Crippen LogP contribution < -0.4 is 4.90 Å². The lowest BCUT2D eigenvalue weighted by Gasteiger charge is -2.21. The lowest BCUT2D eigenvalue weighted by atomic mass is 9.99. The second kappa shape index (κ2) is 7.42. The minimum atomic E-state index is -4.89. The number of alkyl halides is 3. The molecule has 28 heavy (non-hydrogen) atoms. The fourth-order valence-corrected chi connectivity index (χ4v) is 2.93. The minimum Gasteiger partial charge on any atom is -0.309 e. The first-order valence-corrected chi connectivity index (χ1v) is 8.35. The van der Waals surface area contributed by atoms with Crippen molar-refractivity contribution < 1.29 is 22.4 Å². The number of benzene rings is 2. The molecule has 3 nitrogen and oxygen atoms in total. The molecule has 3 aromatic rings. The fraction of sp³-hybridized carbons (Fsp3) is 0.143. The van der Waals surface area contributed by atoms with Crippen LogP contribution in [-0.4, -0.2) is 17.9 Å². The second-order valence-corrected chi connectivity index (χ2v) is 6.26. The third-order valence-corrected chi connectivity index (χ3v) is 4.42. The first kappa shape index (κ1) is 19.5. The molecule has 7 heteroatoms. The van der Waals surface area contributed by atoms with Gasteiger partial charge in [0, 0.05) is 24.4 Å². The van der Waals surface area contributed by atoms with E-state index >= 15 is 0 Å². The topological polar surface area (TPSA) is 33.2 Å². The molecule has 0 bridgehead atoms. The second-order valence-electron chi connectivity index (χ2n) is 6.26. The van der Waals surface area contributed by atoms with E-state index in [-0.39, 0.29) is 5.56 Å². The summed E-state index contributed by atoms with van der Waals surface area (Å²) in [6, 6.07) is 11.5. The zero-order chi connectivity index (χ0) is 20.5. The Bertz CT molecular complexity index is 1030. The van der Waals surface area contributed by atoms with Gasteiger partial charge in [0.15, 0.2) is 0 Å². The normalized spacial score (nSPS) is 11.4. The van der Waals surface area contributed by atoms with Crippen LogP contribution in [0, 0.1) is 12.7 Å². The monoisotopic (exact) mass is 388 g/mol. The number of amides is 1. The highest BCUT2D eigenvalue weighted by Gasteiger charge is 2.35. The maximum absolute atomic E-state index is 13.5. The van der Waals surface area contributed by atoms with Crippen molar-refractivity contribution in [3.8, 4) is 11.1 Å². The molecule has 0 N–H and O–H groups in total. The quantitative estimate of drug-likeness (QED) is 0.556. The van der Waals surface area contributed by atoms with E-state index in [0.29, 0.717) is 23.4 Å². The summed E-state index contributed by atoms with van der Waals surface area (Å²) >= 11 is 0. The van der Waals surface area contributed by atoms with Crippen LogP contribution in [0.5, 0.6) is 0 Å². The van der Waals surface area contributed by atoms with Crippen molar-refractivity contribution in [2.24, 2.45) is 0 Å². The summed E-state index contributed by atoms with van der Waals surface area (Å²) in [6.07, 6.45) is -1.85. The number of pyridine rings is 1. The number of anilines is 1. The number of aryl methyl sites for hydroxylation is 1. The molecule has 1 amide bonds. The molecule has 0 radical (unpaired) electrons. The van der Waals surface area contributed by atoms with Gasteiger partial charge >= 0.3 is 6.18 Å². The highest BCUT2D eigenvalue weighted by Crippen LogP contribution is 2.34. The first-order chi connectivity index (χ1) is 13.2. The van der Waals surface area contributed by atoms with Crippen LogP contribution in [0.3, 0.4) is 0 Å². The van der Waals surface area contributed by atoms with Crippen LogP contribution >= 0.6 is 0 Å². The van der Waals surface area contributed by atoms with Crippen molar-refractivity contribution >= 4 is 11.6 Å². The maximum atomic E-state index is 13.5. The van der Waals surface area contributed by atoms with E-state index in [1.165, 1.54) is 18.1 Å². The summed E-state index contributed by atoms with van der Waals surface area (Å²) in [7, 11) is 1.44. The third kappa shape index (κ3) is 3.74. The van der Waals surface area contributed by atoms with Crippen molar-refractivity contribution in [3.05, 3.63) is 83.4 Å². The van der Waals surface area contributed by atoms with Gasteiger partial charge in [-0.25, -0.2) is 4.39 Å². The number of halogens is 4. The predicted molar refractivity (Wildman–Crippen MR) is 98.5 cm³/mol. The fourth-order valence-electron chi connectivity index (χ4n) is 2.93. The van der Waals surface area contributed by atoms with Gasteiger partial charge in [0.05, 0.1) is 17.4 Å². The maximum Gasteiger partial charge on any atom is 0.419 e. The molecule has 0 saturated carbocycles. The van der Waals surface area contributed by atoms with Crippen molar-refractivity contribution in [2.45, 2.75) is 13.1 Å². The number of hydrogen-bond donors (Lipinski definition) is 0. The molecule has 0 aliphatic carbocycles. The smallest absolute Gasteiger partial charge is 0.309 e. The molecule has 1 aromatic heterocycles. The van der Waals surface area contributed by atoms with Gasteiger partial charge in [0.2, 0.25) is 0 Å². The molecule has 0 unspecified atom stereocenters. The Labute approximate surface area is 159 Å². The Balaban J connectivity index is 2.04. The van der Waals surface area contributed by atoms with E-state index in [9.17, 15) is 22.4 Å². The number of rotatable bonds is 3. The summed E-state index contributed by atoms with van der Waals surface area (Å²) in [5, 5.41) is 0. The summed E-state index contributed by atoms with van der Waals surface area (Å²) < 4.78 is 52.4. The van der Waals surface area contributed by atoms with Crippen molar-refractivity contribution in [1.82, 2.24) is 4.98 Å². The lowest BCUT2D eigenvalue weighted by molar-refractivity contribution is -0.140. The molecule has 0 aliphatic rings. The Kier molecular flexibility index (Phi) is 5.18. The largest absolute Gasteiger partial charge is 0.419 e. The van der Waals surface area contributed by atoms with Gasteiger partial charge < -0.3 is 4.90 Å². The summed E-state index contributed by atoms with van der Waals surface area (Å²) in [4.78, 5) is 18.1. The van der Waals surface area contributed by atoms with Crippen LogP contribution in [0.2, 0.25) is 0 Å². The SMILES string of the molecule is Cc1ccccc1-c1ccncc1N(C)C(=O)c1ccc(F)c(C(F)(F)F)c1. The van der Waals surface area contributed by atoms with E-state index in [2.05, 4.69) is 4.98 Å². The van der Waals surface area contributed by atoms with E-state index in [1.54, 1.807) is 12.3 Å². The molecular weight excluding hydrogens is 372 g/mol. The minimum absolute atomic E-state index is 0.268. The summed E-state index contributed by atoms with van der Waals surface area (Å²) in [5.74, 6) is -2.12. The van der Waals surface area contributed by atoms with Gasteiger partial charge in [0.25, 0.3) is 5.91 Å². The molecular formula is C21H16F4N2O. The standard InChI is InChI=1S/C21H16F4N2O/c1-13-5-3-4-6-15(13)16-9-10-26-12-19(16)27(2)20(28)14-7-8-18(22)17(11-14)21(23,24)25/h3-12H,1-2H3. The molecule has 0 atom stereocenters. The van der Waals surface area contributed by atoms with Crippen LogP contribution in [0.1, 0.15) is 21.5 Å². The van der Waals surface area contributed by atoms with Gasteiger partial charge in [-0.3, -0.25) is 9.78 Å². The van der Waals surface area contributed by atoms with Gasteiger partial charge in [0.1, 0.15) is 5.82 Å². The van der Waals surface area contributed by atoms with E-state index < -0.39 is 23.5 Å². The average Bonchev–Trinajstić information content (AvgIpc) is 2.67. The van der Waals surface area contributed by atoms with E-state index in [1.807, 2.05) is 31.2 Å². The number of carbonyl (C=O) groups excluding carboxylic acids is 1. The van der Waals surface area contributed by atoms with Gasteiger partial charge in [-0.2, -0.15) is 13.2 Å². The highest BCUT2D eigenvalue weighted by atomic mass is 19.4. The van der Waals surface area contributed by atoms with Crippen LogP contribution in [0.25, 0.3) is 11.1 Å². The number of carbonyl (C=O) groups is 1. The van der Waals surface area contributed by atoms with Gasteiger partial charge in [-0.05, 0) is 42.3 Å². The van der Waals surface area contributed by atoms with Gasteiger partial charge in [-0.15, -0.1) is 0 Å². The molecule has 0 fully saturated rings. The predicted octanol–water partition coefficient (Wildman–Crippen LogP) is 5.49. The zero-order valence-electron chi connectivity index (χ0n) is 15.1. The molecule has 0 spiro atoms. The molecule has 144 valence electrons. The lowest BCUT2D eigenvalue weighted by Crippen LogP contribution is -2.27. The first-order valence-electron chi connectivity index (χ1n) is 8.35. The van der Waals surface area contributed by atoms with E-state index in [0.717, 1.165) is 17.2 Å². The van der Waals surface area contributed by atoms with E-state index in [4.69, 9.17) is 0 Å². The van der Waals surface area contributed by atoms with Crippen molar-refractivity contribution in [3.63, 3.8) is 0 Å². The van der Waals surface area contributed by atoms with Crippen LogP contribution in [0.4, 0.5) is 23.2 Å². The van der Waals surface area contributed by atoms with Gasteiger partial charge in [-0.1, -0.05) is 24.3 Å². The van der Waals surface area contributed by atoms with Crippen molar-refractivity contribution in [2.75, 3.05) is 11.9 Å². The average molecular weight is 388 g/mol. The number of nitrogens with zero attached hydrogens (tertiary/aromatic N) is 2. The van der Waals surface area contributed by atoms with Crippen LogP contribution in [0.15, 0.2) is 60.9 Å². The third-order valence-electron chi connectivity index (χ3n) is 4.42. The molecule has 2 aromatic carbocycles. The Morgan fingerprint density at radius 1 is 1.04 bits per heavy atom. The number of aromatic nitrogens is 1. The highest BCUT2D eigenvalue weighted by molar-refractivity contribution is 6.07. The molecule has 3 rings (SSSR count). The number of hydrogen-bond acceptors (Lipinski definition) is 2. The summed E-state index contributed by atoms with van der Waals surface area (Å²) in [5.41, 5.74) is 1.24. The van der Waals surface area contributed by atoms with Crippen molar-refractivity contribution in [1.29, 1.82) is 0 Å². The molecule has 0 saturated heterocycles. The summed E-state index contributed by atoms with van der Waals surface area (Å²) in [6.45, 7) is 1.91. The zero-order valence-corrected chi connectivity index (χ0v) is 15.1. The Hall–Kier alpha value is -3.22.